The first-order valence-corrected chi connectivity index (χ1v) is 10.9. The van der Waals surface area contributed by atoms with E-state index in [2.05, 4.69) is 0 Å². The van der Waals surface area contributed by atoms with Gasteiger partial charge in [0.1, 0.15) is 0 Å². The Balaban J connectivity index is 1.53. The maximum absolute atomic E-state index is 12.7. The van der Waals surface area contributed by atoms with Gasteiger partial charge in [-0.1, -0.05) is 29.8 Å². The molecule has 29 heavy (non-hydrogen) atoms. The van der Waals surface area contributed by atoms with Gasteiger partial charge in [0.15, 0.2) is 6.61 Å². The molecule has 7 nitrogen and oxygen atoms in total. The summed E-state index contributed by atoms with van der Waals surface area (Å²) in [4.78, 5) is 26.1. The van der Waals surface area contributed by atoms with Crippen molar-refractivity contribution in [3.8, 4) is 0 Å². The number of rotatable bonds is 5. The summed E-state index contributed by atoms with van der Waals surface area (Å²) in [6.45, 7) is 2.21. The summed E-state index contributed by atoms with van der Waals surface area (Å²) in [7, 11) is -3.64. The smallest absolute Gasteiger partial charge is 0.338 e. The lowest BCUT2D eigenvalue weighted by atomic mass is 10.1. The number of sulfonamides is 1. The van der Waals surface area contributed by atoms with E-state index >= 15 is 0 Å². The lowest BCUT2D eigenvalue weighted by Gasteiger charge is -2.33. The maximum atomic E-state index is 12.7. The van der Waals surface area contributed by atoms with Gasteiger partial charge in [0.2, 0.25) is 10.0 Å². The van der Waals surface area contributed by atoms with Crippen molar-refractivity contribution in [2.45, 2.75) is 11.8 Å². The van der Waals surface area contributed by atoms with Crippen molar-refractivity contribution in [3.63, 3.8) is 0 Å². The van der Waals surface area contributed by atoms with Crippen LogP contribution in [0.2, 0.25) is 5.02 Å². The number of carbonyl (C=O) groups excluding carboxylic acids is 2. The molecule has 0 aliphatic carbocycles. The van der Waals surface area contributed by atoms with E-state index in [1.165, 1.54) is 33.5 Å². The molecule has 0 aromatic heterocycles. The van der Waals surface area contributed by atoms with E-state index in [0.29, 0.717) is 10.6 Å². The first-order chi connectivity index (χ1) is 13.8. The molecule has 0 unspecified atom stereocenters. The molecule has 9 heteroatoms. The minimum atomic E-state index is -3.64. The van der Waals surface area contributed by atoms with E-state index in [-0.39, 0.29) is 43.6 Å². The van der Waals surface area contributed by atoms with E-state index in [1.807, 2.05) is 6.07 Å². The molecule has 1 aliphatic heterocycles. The Morgan fingerprint density at radius 1 is 1.00 bits per heavy atom. The largest absolute Gasteiger partial charge is 0.452 e. The van der Waals surface area contributed by atoms with Gasteiger partial charge < -0.3 is 9.64 Å². The monoisotopic (exact) mass is 436 g/mol. The number of carbonyl (C=O) groups is 2. The van der Waals surface area contributed by atoms with Crippen LogP contribution in [0.15, 0.2) is 53.4 Å². The van der Waals surface area contributed by atoms with Gasteiger partial charge in [0.05, 0.1) is 10.5 Å². The molecule has 2 aromatic rings. The topological polar surface area (TPSA) is 84.0 Å². The zero-order valence-electron chi connectivity index (χ0n) is 15.9. The van der Waals surface area contributed by atoms with Crippen molar-refractivity contribution < 1.29 is 22.7 Å². The number of hydrogen-bond donors (Lipinski definition) is 0. The standard InChI is InChI=1S/C20H21ClN2O5S/c1-15-4-2-3-5-18(15)20(25)28-14-19(24)22-10-12-23(13-11-22)29(26,27)17-8-6-16(21)7-9-17/h2-9H,10-14H2,1H3. The number of benzene rings is 2. The minimum absolute atomic E-state index is 0.161. The van der Waals surface area contributed by atoms with Gasteiger partial charge in [-0.15, -0.1) is 0 Å². The lowest BCUT2D eigenvalue weighted by molar-refractivity contribution is -0.135. The third-order valence-electron chi connectivity index (χ3n) is 4.73. The molecule has 1 amide bonds. The molecular weight excluding hydrogens is 416 g/mol. The number of ether oxygens (including phenoxy) is 1. The number of nitrogens with zero attached hydrogens (tertiary/aromatic N) is 2. The highest BCUT2D eigenvalue weighted by molar-refractivity contribution is 7.89. The second kappa shape index (κ2) is 8.94. The van der Waals surface area contributed by atoms with Crippen LogP contribution < -0.4 is 0 Å². The molecule has 0 N–H and O–H groups in total. The summed E-state index contributed by atoms with van der Waals surface area (Å²) in [6, 6.07) is 12.9. The number of hydrogen-bond acceptors (Lipinski definition) is 5. The van der Waals surface area contributed by atoms with Gasteiger partial charge >= 0.3 is 5.97 Å². The van der Waals surface area contributed by atoms with Crippen LogP contribution >= 0.6 is 11.6 Å². The van der Waals surface area contributed by atoms with E-state index in [0.717, 1.165) is 5.56 Å². The van der Waals surface area contributed by atoms with Crippen LogP contribution in [-0.2, 0) is 19.6 Å². The number of aryl methyl sites for hydroxylation is 1. The molecule has 1 aliphatic rings. The third kappa shape index (κ3) is 4.95. The predicted molar refractivity (Wildman–Crippen MR) is 108 cm³/mol. The zero-order chi connectivity index (χ0) is 21.0. The Morgan fingerprint density at radius 2 is 1.62 bits per heavy atom. The highest BCUT2D eigenvalue weighted by Gasteiger charge is 2.30. The second-order valence-corrected chi connectivity index (χ2v) is 9.00. The fourth-order valence-corrected chi connectivity index (χ4v) is 4.58. The molecule has 2 aromatic carbocycles. The molecule has 3 rings (SSSR count). The van der Waals surface area contributed by atoms with E-state index in [4.69, 9.17) is 16.3 Å². The van der Waals surface area contributed by atoms with Gasteiger partial charge in [0.25, 0.3) is 5.91 Å². The third-order valence-corrected chi connectivity index (χ3v) is 6.90. The Kier molecular flexibility index (Phi) is 6.56. The van der Waals surface area contributed by atoms with E-state index in [9.17, 15) is 18.0 Å². The van der Waals surface area contributed by atoms with Crippen LogP contribution in [0, 0.1) is 6.92 Å². The summed E-state index contributed by atoms with van der Waals surface area (Å²) >= 11 is 5.81. The maximum Gasteiger partial charge on any atom is 0.338 e. The minimum Gasteiger partial charge on any atom is -0.452 e. The predicted octanol–water partition coefficient (Wildman–Crippen LogP) is 2.34. The molecule has 0 saturated carbocycles. The van der Waals surface area contributed by atoms with Gasteiger partial charge in [-0.3, -0.25) is 4.79 Å². The molecule has 1 fully saturated rings. The van der Waals surface area contributed by atoms with Crippen molar-refractivity contribution in [3.05, 3.63) is 64.7 Å². The lowest BCUT2D eigenvalue weighted by Crippen LogP contribution is -2.51. The highest BCUT2D eigenvalue weighted by atomic mass is 35.5. The average Bonchev–Trinajstić information content (AvgIpc) is 2.72. The normalized spacial score (nSPS) is 15.2. The Bertz CT molecular complexity index is 1000. The summed E-state index contributed by atoms with van der Waals surface area (Å²) in [5.74, 6) is -0.907. The van der Waals surface area contributed by atoms with Crippen LogP contribution in [0.4, 0.5) is 0 Å². The van der Waals surface area contributed by atoms with E-state index < -0.39 is 16.0 Å². The van der Waals surface area contributed by atoms with Crippen molar-refractivity contribution in [2.75, 3.05) is 32.8 Å². The van der Waals surface area contributed by atoms with Crippen molar-refractivity contribution in [1.29, 1.82) is 0 Å². The second-order valence-electron chi connectivity index (χ2n) is 6.63. The van der Waals surface area contributed by atoms with Crippen molar-refractivity contribution in [1.82, 2.24) is 9.21 Å². The van der Waals surface area contributed by atoms with Gasteiger partial charge in [-0.05, 0) is 42.8 Å². The molecular formula is C20H21ClN2O5S. The van der Waals surface area contributed by atoms with Crippen LogP contribution in [0.25, 0.3) is 0 Å². The van der Waals surface area contributed by atoms with Crippen LogP contribution in [0.1, 0.15) is 15.9 Å². The zero-order valence-corrected chi connectivity index (χ0v) is 17.4. The molecule has 0 bridgehead atoms. The summed E-state index contributed by atoms with van der Waals surface area (Å²) in [5.41, 5.74) is 1.19. The van der Waals surface area contributed by atoms with Crippen molar-refractivity contribution >= 4 is 33.5 Å². The SMILES string of the molecule is Cc1ccccc1C(=O)OCC(=O)N1CCN(S(=O)(=O)c2ccc(Cl)cc2)CC1. The first-order valence-electron chi connectivity index (χ1n) is 9.05. The summed E-state index contributed by atoms with van der Waals surface area (Å²) in [6.07, 6.45) is 0. The quantitative estimate of drug-likeness (QED) is 0.672. The fourth-order valence-electron chi connectivity index (χ4n) is 3.03. The molecule has 0 radical (unpaired) electrons. The molecule has 0 atom stereocenters. The molecule has 1 saturated heterocycles. The average molecular weight is 437 g/mol. The Hall–Kier alpha value is -2.42. The van der Waals surface area contributed by atoms with Crippen molar-refractivity contribution in [2.24, 2.45) is 0 Å². The number of halogens is 1. The van der Waals surface area contributed by atoms with Crippen LogP contribution in [0.5, 0.6) is 0 Å². The van der Waals surface area contributed by atoms with Crippen LogP contribution in [-0.4, -0.2) is 62.3 Å². The number of esters is 1. The molecule has 0 spiro atoms. The van der Waals surface area contributed by atoms with Gasteiger partial charge in [-0.25, -0.2) is 13.2 Å². The van der Waals surface area contributed by atoms with E-state index in [1.54, 1.807) is 25.1 Å². The summed E-state index contributed by atoms with van der Waals surface area (Å²) < 4.78 is 31.8. The van der Waals surface area contributed by atoms with Gasteiger partial charge in [-0.2, -0.15) is 4.31 Å². The Labute approximate surface area is 174 Å². The number of amides is 1. The highest BCUT2D eigenvalue weighted by Crippen LogP contribution is 2.20. The first kappa shape index (κ1) is 21.3. The van der Waals surface area contributed by atoms with Gasteiger partial charge in [0, 0.05) is 31.2 Å². The fraction of sp³-hybridized carbons (Fsp3) is 0.300. The molecule has 154 valence electrons. The summed E-state index contributed by atoms with van der Waals surface area (Å²) in [5, 5.41) is 0.458. The Morgan fingerprint density at radius 3 is 2.24 bits per heavy atom. The number of piperazine rings is 1. The van der Waals surface area contributed by atoms with Crippen LogP contribution in [0.3, 0.4) is 0 Å². The molecule has 1 heterocycles.